The predicted octanol–water partition coefficient (Wildman–Crippen LogP) is 1.95. The van der Waals surface area contributed by atoms with Crippen LogP contribution in [0.3, 0.4) is 0 Å². The summed E-state index contributed by atoms with van der Waals surface area (Å²) in [6, 6.07) is 4.19. The number of nitrogens with one attached hydrogen (secondary N) is 1. The number of hydrogen-bond acceptors (Lipinski definition) is 5. The Kier molecular flexibility index (Phi) is 5.02. The van der Waals surface area contributed by atoms with Gasteiger partial charge < -0.3 is 10.1 Å². The topological polar surface area (TPSA) is 92.8 Å². The zero-order valence-electron chi connectivity index (χ0n) is 14.6. The highest BCUT2D eigenvalue weighted by molar-refractivity contribution is 7.94. The second-order valence-electron chi connectivity index (χ2n) is 7.22. The van der Waals surface area contributed by atoms with Gasteiger partial charge in [0.05, 0.1) is 33.5 Å². The first-order valence-corrected chi connectivity index (χ1v) is 10.4. The van der Waals surface area contributed by atoms with Crippen LogP contribution in [-0.4, -0.2) is 45.2 Å². The summed E-state index contributed by atoms with van der Waals surface area (Å²) >= 11 is 6.11. The number of amides is 2. The zero-order valence-corrected chi connectivity index (χ0v) is 16.2. The number of carbonyl (C=O) groups excluding carboxylic acids is 2. The second kappa shape index (κ2) is 6.83. The van der Waals surface area contributed by atoms with E-state index in [0.29, 0.717) is 13.2 Å². The molecule has 0 aromatic heterocycles. The smallest absolute Gasteiger partial charge is 0.252 e. The molecule has 142 valence electrons. The van der Waals surface area contributed by atoms with E-state index in [1.54, 1.807) is 13.8 Å². The maximum Gasteiger partial charge on any atom is 0.252 e. The van der Waals surface area contributed by atoms with E-state index in [1.807, 2.05) is 0 Å². The van der Waals surface area contributed by atoms with Crippen molar-refractivity contribution in [2.75, 3.05) is 23.2 Å². The Morgan fingerprint density at radius 1 is 1.42 bits per heavy atom. The summed E-state index contributed by atoms with van der Waals surface area (Å²) in [6.45, 7) is 4.20. The molecule has 2 saturated heterocycles. The van der Waals surface area contributed by atoms with Crippen molar-refractivity contribution in [3.63, 3.8) is 0 Å². The summed E-state index contributed by atoms with van der Waals surface area (Å²) in [6.07, 6.45) is 1.81. The van der Waals surface area contributed by atoms with E-state index in [0.717, 1.165) is 17.1 Å². The van der Waals surface area contributed by atoms with Gasteiger partial charge in [-0.15, -0.1) is 0 Å². The summed E-state index contributed by atoms with van der Waals surface area (Å²) in [5, 5.41) is 2.93. The average molecular weight is 401 g/mol. The summed E-state index contributed by atoms with van der Waals surface area (Å²) in [7, 11) is -3.79. The summed E-state index contributed by atoms with van der Waals surface area (Å²) < 4.78 is 31.0. The fourth-order valence-corrected chi connectivity index (χ4v) is 5.48. The molecule has 2 heterocycles. The van der Waals surface area contributed by atoms with E-state index in [-0.39, 0.29) is 28.1 Å². The van der Waals surface area contributed by atoms with Crippen molar-refractivity contribution in [3.05, 3.63) is 28.8 Å². The first-order chi connectivity index (χ1) is 12.1. The molecule has 2 amide bonds. The van der Waals surface area contributed by atoms with Gasteiger partial charge in [0.2, 0.25) is 15.9 Å². The molecule has 1 N–H and O–H groups in total. The highest BCUT2D eigenvalue weighted by atomic mass is 35.5. The van der Waals surface area contributed by atoms with Crippen molar-refractivity contribution in [1.29, 1.82) is 0 Å². The molecule has 0 bridgehead atoms. The van der Waals surface area contributed by atoms with E-state index in [2.05, 4.69) is 5.32 Å². The van der Waals surface area contributed by atoms with Crippen LogP contribution in [0.25, 0.3) is 0 Å². The highest BCUT2D eigenvalue weighted by Gasteiger charge is 2.50. The van der Waals surface area contributed by atoms with Gasteiger partial charge in [0.15, 0.2) is 0 Å². The molecule has 0 radical (unpaired) electrons. The van der Waals surface area contributed by atoms with Crippen LogP contribution in [0.4, 0.5) is 5.69 Å². The third kappa shape index (κ3) is 3.58. The van der Waals surface area contributed by atoms with Crippen LogP contribution < -0.4 is 9.62 Å². The lowest BCUT2D eigenvalue weighted by Crippen LogP contribution is -2.34. The van der Waals surface area contributed by atoms with Crippen molar-refractivity contribution in [2.24, 2.45) is 5.41 Å². The monoisotopic (exact) mass is 400 g/mol. The molecule has 2 aliphatic rings. The largest absolute Gasteiger partial charge is 0.376 e. The number of halogens is 1. The molecule has 0 saturated carbocycles. The Bertz CT molecular complexity index is 847. The molecule has 7 nitrogen and oxygen atoms in total. The van der Waals surface area contributed by atoms with Gasteiger partial charge in [-0.3, -0.25) is 9.59 Å². The lowest BCUT2D eigenvalue weighted by molar-refractivity contribution is -0.123. The number of benzene rings is 1. The second-order valence-corrected chi connectivity index (χ2v) is 9.44. The Morgan fingerprint density at radius 2 is 2.15 bits per heavy atom. The minimum atomic E-state index is -3.79. The lowest BCUT2D eigenvalue weighted by Gasteiger charge is -2.19. The average Bonchev–Trinajstić information content (AvgIpc) is 3.11. The van der Waals surface area contributed by atoms with E-state index in [1.165, 1.54) is 18.2 Å². The van der Waals surface area contributed by atoms with Gasteiger partial charge in [0.1, 0.15) is 0 Å². The molecule has 1 atom stereocenters. The van der Waals surface area contributed by atoms with E-state index in [4.69, 9.17) is 16.3 Å². The first kappa shape index (κ1) is 19.1. The minimum absolute atomic E-state index is 0.0257. The van der Waals surface area contributed by atoms with Crippen LogP contribution in [0, 0.1) is 5.41 Å². The molecule has 26 heavy (non-hydrogen) atoms. The zero-order chi connectivity index (χ0) is 19.1. The van der Waals surface area contributed by atoms with E-state index < -0.39 is 27.3 Å². The van der Waals surface area contributed by atoms with Gasteiger partial charge in [0.25, 0.3) is 5.91 Å². The Balaban J connectivity index is 1.85. The molecular weight excluding hydrogens is 380 g/mol. The summed E-state index contributed by atoms with van der Waals surface area (Å²) in [5.74, 6) is -1.23. The summed E-state index contributed by atoms with van der Waals surface area (Å²) in [4.78, 5) is 25.0. The van der Waals surface area contributed by atoms with Crippen LogP contribution in [-0.2, 0) is 19.6 Å². The van der Waals surface area contributed by atoms with E-state index >= 15 is 0 Å². The minimum Gasteiger partial charge on any atom is -0.376 e. The van der Waals surface area contributed by atoms with Crippen molar-refractivity contribution in [2.45, 2.75) is 32.8 Å². The van der Waals surface area contributed by atoms with Gasteiger partial charge in [-0.25, -0.2) is 12.7 Å². The van der Waals surface area contributed by atoms with Crippen LogP contribution in [0.15, 0.2) is 18.2 Å². The Hall–Kier alpha value is -1.64. The molecule has 0 unspecified atom stereocenters. The number of sulfonamides is 1. The van der Waals surface area contributed by atoms with E-state index in [9.17, 15) is 18.0 Å². The van der Waals surface area contributed by atoms with Crippen LogP contribution in [0.5, 0.6) is 0 Å². The quantitative estimate of drug-likeness (QED) is 0.833. The number of hydrogen-bond donors (Lipinski definition) is 1. The van der Waals surface area contributed by atoms with Crippen LogP contribution >= 0.6 is 11.6 Å². The maximum atomic E-state index is 12.5. The molecule has 0 spiro atoms. The fourth-order valence-electron chi connectivity index (χ4n) is 3.18. The Labute approximate surface area is 157 Å². The maximum absolute atomic E-state index is 12.5. The van der Waals surface area contributed by atoms with Crippen molar-refractivity contribution in [1.82, 2.24) is 5.32 Å². The van der Waals surface area contributed by atoms with Crippen molar-refractivity contribution >= 4 is 39.1 Å². The number of anilines is 1. The molecule has 2 fully saturated rings. The standard InChI is InChI=1S/C17H21ClN2O5S/c1-17(2)10-26(23,24)20(16(17)22)11-5-6-14(18)13(8-11)15(21)19-9-12-4-3-7-25-12/h5-6,8,12H,3-4,7,9-10H2,1-2H3,(H,19,21)/t12-/m0/s1. The van der Waals surface area contributed by atoms with Crippen molar-refractivity contribution in [3.8, 4) is 0 Å². The van der Waals surface area contributed by atoms with Crippen LogP contribution in [0.1, 0.15) is 37.0 Å². The predicted molar refractivity (Wildman–Crippen MR) is 97.8 cm³/mol. The molecule has 1 aromatic rings. The molecular formula is C17H21ClN2O5S. The number of nitrogens with zero attached hydrogens (tertiary/aromatic N) is 1. The molecule has 9 heteroatoms. The Morgan fingerprint density at radius 3 is 2.73 bits per heavy atom. The number of ether oxygens (including phenoxy) is 1. The van der Waals surface area contributed by atoms with Gasteiger partial charge in [-0.05, 0) is 44.9 Å². The molecule has 3 rings (SSSR count). The molecule has 1 aromatic carbocycles. The van der Waals surface area contributed by atoms with Gasteiger partial charge in [-0.1, -0.05) is 11.6 Å². The highest BCUT2D eigenvalue weighted by Crippen LogP contribution is 2.36. The number of carbonyl (C=O) groups is 2. The van der Waals surface area contributed by atoms with Gasteiger partial charge >= 0.3 is 0 Å². The van der Waals surface area contributed by atoms with Gasteiger partial charge in [0, 0.05) is 13.2 Å². The number of rotatable bonds is 4. The fraction of sp³-hybridized carbons (Fsp3) is 0.529. The molecule has 2 aliphatic heterocycles. The first-order valence-electron chi connectivity index (χ1n) is 8.39. The normalized spacial score (nSPS) is 24.0. The third-order valence-corrected chi connectivity index (χ3v) is 6.88. The summed E-state index contributed by atoms with van der Waals surface area (Å²) in [5.41, 5.74) is -0.775. The lowest BCUT2D eigenvalue weighted by atomic mass is 9.95. The molecule has 0 aliphatic carbocycles. The van der Waals surface area contributed by atoms with Gasteiger partial charge in [-0.2, -0.15) is 0 Å². The van der Waals surface area contributed by atoms with Crippen molar-refractivity contribution < 1.29 is 22.7 Å². The SMILES string of the molecule is CC1(C)CS(=O)(=O)N(c2ccc(Cl)c(C(=O)NC[C@@H]3CCCO3)c2)C1=O. The van der Waals surface area contributed by atoms with Crippen LogP contribution in [0.2, 0.25) is 5.02 Å². The third-order valence-electron chi connectivity index (χ3n) is 4.53.